The van der Waals surface area contributed by atoms with E-state index in [1.807, 2.05) is 4.40 Å². The van der Waals surface area contributed by atoms with Crippen LogP contribution in [0, 0.1) is 0 Å². The number of rotatable bonds is 3. The van der Waals surface area contributed by atoms with Gasteiger partial charge in [0.15, 0.2) is 0 Å². The second kappa shape index (κ2) is 6.03. The second-order valence-electron chi connectivity index (χ2n) is 6.25. The van der Waals surface area contributed by atoms with E-state index in [4.69, 9.17) is 4.98 Å². The Bertz CT molecular complexity index is 785. The van der Waals surface area contributed by atoms with Gasteiger partial charge in [0.1, 0.15) is 5.82 Å². The number of piperidine rings is 1. The minimum absolute atomic E-state index is 0.675. The van der Waals surface area contributed by atoms with Gasteiger partial charge in [-0.25, -0.2) is 4.98 Å². The van der Waals surface area contributed by atoms with Gasteiger partial charge >= 0.3 is 0 Å². The maximum atomic E-state index is 4.74. The van der Waals surface area contributed by atoms with E-state index in [-0.39, 0.29) is 0 Å². The van der Waals surface area contributed by atoms with Crippen molar-refractivity contribution in [3.05, 3.63) is 60.0 Å². The minimum atomic E-state index is 0.675. The molecule has 0 saturated carbocycles. The monoisotopic (exact) mass is 306 g/mol. The van der Waals surface area contributed by atoms with Crippen LogP contribution in [0.3, 0.4) is 0 Å². The van der Waals surface area contributed by atoms with Crippen molar-refractivity contribution in [2.45, 2.75) is 32.1 Å². The van der Waals surface area contributed by atoms with E-state index in [1.54, 1.807) is 0 Å². The number of fused-ring (bicyclic) bond motifs is 1. The van der Waals surface area contributed by atoms with Crippen molar-refractivity contribution in [3.8, 4) is 0 Å². The third-order valence-corrected chi connectivity index (χ3v) is 4.81. The van der Waals surface area contributed by atoms with Crippen LogP contribution in [0.15, 0.2) is 48.8 Å². The second-order valence-corrected chi connectivity index (χ2v) is 6.25. The maximum absolute atomic E-state index is 4.74. The van der Waals surface area contributed by atoms with Crippen molar-refractivity contribution in [2.75, 3.05) is 18.0 Å². The highest BCUT2D eigenvalue weighted by atomic mass is 15.2. The van der Waals surface area contributed by atoms with E-state index in [0.29, 0.717) is 5.92 Å². The number of anilines is 1. The van der Waals surface area contributed by atoms with E-state index in [9.17, 15) is 0 Å². The number of nitrogens with zero attached hydrogens (tertiary/aromatic N) is 4. The van der Waals surface area contributed by atoms with Crippen molar-refractivity contribution >= 4 is 11.6 Å². The van der Waals surface area contributed by atoms with Crippen LogP contribution in [0.4, 0.5) is 5.82 Å². The third kappa shape index (κ3) is 2.81. The summed E-state index contributed by atoms with van der Waals surface area (Å²) < 4.78 is 2.01. The lowest BCUT2D eigenvalue weighted by Gasteiger charge is -2.33. The Balaban J connectivity index is 1.49. The van der Waals surface area contributed by atoms with Crippen molar-refractivity contribution in [1.29, 1.82) is 0 Å². The molecular formula is C19H22N4. The average Bonchev–Trinajstić information content (AvgIpc) is 3.05. The van der Waals surface area contributed by atoms with E-state index in [0.717, 1.165) is 36.8 Å². The van der Waals surface area contributed by atoms with Gasteiger partial charge in [-0.15, -0.1) is 0 Å². The molecule has 1 fully saturated rings. The fraction of sp³-hybridized carbons (Fsp3) is 0.368. The van der Waals surface area contributed by atoms with Crippen LogP contribution in [0.2, 0.25) is 0 Å². The van der Waals surface area contributed by atoms with Gasteiger partial charge in [-0.3, -0.25) is 4.40 Å². The first-order chi connectivity index (χ1) is 11.3. The molecule has 0 spiro atoms. The highest BCUT2D eigenvalue weighted by Gasteiger charge is 2.21. The molecule has 2 aromatic heterocycles. The number of hydrogen-bond acceptors (Lipinski definition) is 3. The standard InChI is InChI=1S/C19H22N4/c1-2-17-14-23-13-10-18(21-19(23)20-17)22-11-8-16(9-12-22)15-6-4-3-5-7-15/h3-7,10,13-14,16H,2,8-9,11-12H2,1H3. The topological polar surface area (TPSA) is 33.4 Å². The summed E-state index contributed by atoms with van der Waals surface area (Å²) in [4.78, 5) is 11.7. The first-order valence-corrected chi connectivity index (χ1v) is 8.48. The van der Waals surface area contributed by atoms with Gasteiger partial charge in [0.25, 0.3) is 0 Å². The summed E-state index contributed by atoms with van der Waals surface area (Å²) in [5.41, 5.74) is 2.56. The third-order valence-electron chi connectivity index (χ3n) is 4.81. The van der Waals surface area contributed by atoms with Gasteiger partial charge in [0.2, 0.25) is 5.78 Å². The number of imidazole rings is 1. The largest absolute Gasteiger partial charge is 0.356 e. The SMILES string of the molecule is CCc1cn2ccc(N3CCC(c4ccccc4)CC3)nc2n1. The van der Waals surface area contributed by atoms with E-state index >= 15 is 0 Å². The Labute approximate surface area is 136 Å². The van der Waals surface area contributed by atoms with E-state index < -0.39 is 0 Å². The summed E-state index contributed by atoms with van der Waals surface area (Å²) >= 11 is 0. The molecule has 4 heteroatoms. The Kier molecular flexibility index (Phi) is 3.74. The lowest BCUT2D eigenvalue weighted by molar-refractivity contribution is 0.503. The normalized spacial score (nSPS) is 16.1. The average molecular weight is 306 g/mol. The molecule has 0 aliphatic carbocycles. The molecule has 1 aliphatic rings. The first-order valence-electron chi connectivity index (χ1n) is 8.48. The fourth-order valence-electron chi connectivity index (χ4n) is 3.43. The highest BCUT2D eigenvalue weighted by Crippen LogP contribution is 2.29. The van der Waals surface area contributed by atoms with Crippen LogP contribution in [-0.4, -0.2) is 27.5 Å². The molecule has 1 saturated heterocycles. The van der Waals surface area contributed by atoms with Crippen LogP contribution in [0.5, 0.6) is 0 Å². The Morgan fingerprint density at radius 1 is 1.04 bits per heavy atom. The molecule has 1 aliphatic heterocycles. The number of aromatic nitrogens is 3. The lowest BCUT2D eigenvalue weighted by Crippen LogP contribution is -2.33. The van der Waals surface area contributed by atoms with E-state index in [2.05, 4.69) is 65.6 Å². The molecule has 0 unspecified atom stereocenters. The highest BCUT2D eigenvalue weighted by molar-refractivity contribution is 5.45. The molecule has 1 aromatic carbocycles. The minimum Gasteiger partial charge on any atom is -0.356 e. The molecule has 0 amide bonds. The summed E-state index contributed by atoms with van der Waals surface area (Å²) in [6, 6.07) is 13.0. The molecule has 4 nitrogen and oxygen atoms in total. The van der Waals surface area contributed by atoms with Crippen molar-refractivity contribution in [1.82, 2.24) is 14.4 Å². The molecule has 0 bridgehead atoms. The molecule has 0 N–H and O–H groups in total. The Hall–Kier alpha value is -2.36. The number of hydrogen-bond donors (Lipinski definition) is 0. The van der Waals surface area contributed by atoms with Crippen molar-refractivity contribution in [2.24, 2.45) is 0 Å². The molecule has 3 heterocycles. The summed E-state index contributed by atoms with van der Waals surface area (Å²) in [7, 11) is 0. The fourth-order valence-corrected chi connectivity index (χ4v) is 3.43. The molecule has 3 aromatic rings. The Morgan fingerprint density at radius 2 is 1.83 bits per heavy atom. The Morgan fingerprint density at radius 3 is 2.57 bits per heavy atom. The van der Waals surface area contributed by atoms with E-state index in [1.165, 1.54) is 18.4 Å². The number of benzene rings is 1. The zero-order chi connectivity index (χ0) is 15.6. The zero-order valence-electron chi connectivity index (χ0n) is 13.5. The van der Waals surface area contributed by atoms with Crippen molar-refractivity contribution < 1.29 is 0 Å². The van der Waals surface area contributed by atoms with Crippen LogP contribution in [0.25, 0.3) is 5.78 Å². The quantitative estimate of drug-likeness (QED) is 0.740. The number of aryl methyl sites for hydroxylation is 1. The van der Waals surface area contributed by atoms with Gasteiger partial charge < -0.3 is 4.90 Å². The van der Waals surface area contributed by atoms with Gasteiger partial charge in [0.05, 0.1) is 5.69 Å². The lowest BCUT2D eigenvalue weighted by atomic mass is 9.89. The summed E-state index contributed by atoms with van der Waals surface area (Å²) in [6.07, 6.45) is 7.46. The van der Waals surface area contributed by atoms with Gasteiger partial charge in [-0.05, 0) is 36.8 Å². The molecule has 0 radical (unpaired) electrons. The molecule has 0 atom stereocenters. The van der Waals surface area contributed by atoms with Gasteiger partial charge in [-0.2, -0.15) is 4.98 Å². The van der Waals surface area contributed by atoms with Gasteiger partial charge in [-0.1, -0.05) is 37.3 Å². The molecule has 4 rings (SSSR count). The zero-order valence-corrected chi connectivity index (χ0v) is 13.5. The molecule has 23 heavy (non-hydrogen) atoms. The smallest absolute Gasteiger partial charge is 0.235 e. The summed E-state index contributed by atoms with van der Waals surface area (Å²) in [5.74, 6) is 2.54. The van der Waals surface area contributed by atoms with Crippen LogP contribution >= 0.6 is 0 Å². The summed E-state index contributed by atoms with van der Waals surface area (Å²) in [5, 5.41) is 0. The first kappa shape index (κ1) is 14.2. The van der Waals surface area contributed by atoms with Gasteiger partial charge in [0, 0.05) is 25.5 Å². The van der Waals surface area contributed by atoms with Crippen molar-refractivity contribution in [3.63, 3.8) is 0 Å². The van der Waals surface area contributed by atoms with Crippen LogP contribution in [0.1, 0.15) is 36.9 Å². The maximum Gasteiger partial charge on any atom is 0.235 e. The molecular weight excluding hydrogens is 284 g/mol. The predicted octanol–water partition coefficient (Wildman–Crippen LogP) is 3.68. The van der Waals surface area contributed by atoms with Crippen LogP contribution < -0.4 is 4.90 Å². The van der Waals surface area contributed by atoms with Crippen LogP contribution in [-0.2, 0) is 6.42 Å². The predicted molar refractivity (Wildman–Crippen MR) is 93.0 cm³/mol. The summed E-state index contributed by atoms with van der Waals surface area (Å²) in [6.45, 7) is 4.24. The molecule has 118 valence electrons.